The van der Waals surface area contributed by atoms with Crippen LogP contribution >= 0.6 is 23.2 Å². The van der Waals surface area contributed by atoms with Gasteiger partial charge in [0.05, 0.1) is 6.42 Å². The third-order valence-electron chi connectivity index (χ3n) is 5.06. The van der Waals surface area contributed by atoms with Crippen LogP contribution in [0.2, 0.25) is 10.0 Å². The number of benzene rings is 1. The van der Waals surface area contributed by atoms with Crippen LogP contribution in [0.3, 0.4) is 0 Å². The molecule has 3 rings (SSSR count). The molecule has 2 unspecified atom stereocenters. The Kier molecular flexibility index (Phi) is 4.96. The second-order valence-electron chi connectivity index (χ2n) is 6.69. The van der Waals surface area contributed by atoms with Crippen LogP contribution in [-0.4, -0.2) is 18.0 Å². The summed E-state index contributed by atoms with van der Waals surface area (Å²) in [6.07, 6.45) is 5.94. The van der Waals surface area contributed by atoms with Crippen LogP contribution in [0, 0.1) is 11.8 Å². The van der Waals surface area contributed by atoms with Crippen LogP contribution in [0.4, 0.5) is 0 Å². The number of carbonyl (C=O) groups is 1. The molecule has 2 saturated carbocycles. The molecule has 3 N–H and O–H groups in total. The van der Waals surface area contributed by atoms with Crippen molar-refractivity contribution in [1.29, 1.82) is 0 Å². The van der Waals surface area contributed by atoms with Gasteiger partial charge in [-0.05, 0) is 61.3 Å². The highest BCUT2D eigenvalue weighted by Gasteiger charge is 2.39. The minimum Gasteiger partial charge on any atom is -0.353 e. The van der Waals surface area contributed by atoms with E-state index in [-0.39, 0.29) is 18.4 Å². The Labute approximate surface area is 141 Å². The highest BCUT2D eigenvalue weighted by Crippen LogP contribution is 2.39. The minimum absolute atomic E-state index is 0.0292. The summed E-state index contributed by atoms with van der Waals surface area (Å²) in [6, 6.07) is 5.81. The van der Waals surface area contributed by atoms with Gasteiger partial charge in [-0.25, -0.2) is 0 Å². The fourth-order valence-electron chi connectivity index (χ4n) is 4.11. The van der Waals surface area contributed by atoms with Crippen LogP contribution < -0.4 is 11.1 Å². The van der Waals surface area contributed by atoms with Crippen LogP contribution in [0.5, 0.6) is 0 Å². The number of rotatable bonds is 3. The summed E-state index contributed by atoms with van der Waals surface area (Å²) in [7, 11) is 0. The molecule has 2 fully saturated rings. The quantitative estimate of drug-likeness (QED) is 0.883. The Morgan fingerprint density at radius 1 is 1.23 bits per heavy atom. The van der Waals surface area contributed by atoms with E-state index in [0.717, 1.165) is 18.4 Å². The summed E-state index contributed by atoms with van der Waals surface area (Å²) in [6.45, 7) is 0. The fraction of sp³-hybridized carbons (Fsp3) is 0.588. The van der Waals surface area contributed by atoms with E-state index in [0.29, 0.717) is 27.9 Å². The molecule has 0 spiro atoms. The van der Waals surface area contributed by atoms with Gasteiger partial charge in [0.15, 0.2) is 0 Å². The maximum Gasteiger partial charge on any atom is 0.224 e. The average molecular weight is 341 g/mol. The molecule has 2 bridgehead atoms. The number of nitrogens with two attached hydrogens (primary N) is 1. The zero-order valence-corrected chi connectivity index (χ0v) is 14.0. The van der Waals surface area contributed by atoms with Crippen molar-refractivity contribution in [2.45, 2.75) is 50.6 Å². The molecule has 1 aromatic carbocycles. The lowest BCUT2D eigenvalue weighted by atomic mass is 9.67. The molecule has 0 radical (unpaired) electrons. The lowest BCUT2D eigenvalue weighted by Gasteiger charge is -2.45. The molecular formula is C17H22Cl2N2O. The Morgan fingerprint density at radius 2 is 1.91 bits per heavy atom. The van der Waals surface area contributed by atoms with E-state index in [9.17, 15) is 4.79 Å². The summed E-state index contributed by atoms with van der Waals surface area (Å²) in [5.74, 6) is 1.09. The summed E-state index contributed by atoms with van der Waals surface area (Å²) in [5, 5.41) is 4.43. The van der Waals surface area contributed by atoms with Gasteiger partial charge in [0.1, 0.15) is 0 Å². The van der Waals surface area contributed by atoms with Crippen LogP contribution in [0.1, 0.15) is 37.7 Å². The van der Waals surface area contributed by atoms with Crippen molar-refractivity contribution in [3.63, 3.8) is 0 Å². The minimum atomic E-state index is 0.0292. The largest absolute Gasteiger partial charge is 0.353 e. The van der Waals surface area contributed by atoms with E-state index < -0.39 is 0 Å². The molecule has 0 heterocycles. The van der Waals surface area contributed by atoms with Gasteiger partial charge in [0.2, 0.25) is 5.91 Å². The van der Waals surface area contributed by atoms with Gasteiger partial charge in [-0.15, -0.1) is 0 Å². The number of halogens is 2. The van der Waals surface area contributed by atoms with Gasteiger partial charge in [-0.1, -0.05) is 29.6 Å². The molecule has 2 aliphatic carbocycles. The summed E-state index contributed by atoms with van der Waals surface area (Å²) < 4.78 is 0. The number of fused-ring (bicyclic) bond motifs is 2. The molecule has 0 saturated heterocycles. The SMILES string of the molecule is NC1CC2CCCC(C1)C2NC(=O)Cc1cc(Cl)ccc1Cl. The Hall–Kier alpha value is -0.770. The van der Waals surface area contributed by atoms with Crippen molar-refractivity contribution < 1.29 is 4.79 Å². The van der Waals surface area contributed by atoms with E-state index in [4.69, 9.17) is 28.9 Å². The smallest absolute Gasteiger partial charge is 0.224 e. The highest BCUT2D eigenvalue weighted by molar-refractivity contribution is 6.33. The number of nitrogens with one attached hydrogen (secondary N) is 1. The predicted molar refractivity (Wildman–Crippen MR) is 90.1 cm³/mol. The molecule has 1 amide bonds. The Bertz CT molecular complexity index is 550. The molecule has 0 aliphatic heterocycles. The third kappa shape index (κ3) is 3.58. The molecular weight excluding hydrogens is 319 g/mol. The maximum absolute atomic E-state index is 12.4. The van der Waals surface area contributed by atoms with Crippen molar-refractivity contribution in [2.24, 2.45) is 17.6 Å². The summed E-state index contributed by atoms with van der Waals surface area (Å²) in [4.78, 5) is 12.4. The van der Waals surface area contributed by atoms with Crippen LogP contribution in [0.15, 0.2) is 18.2 Å². The van der Waals surface area contributed by atoms with Crippen molar-refractivity contribution in [3.05, 3.63) is 33.8 Å². The molecule has 0 aromatic heterocycles. The van der Waals surface area contributed by atoms with E-state index in [1.54, 1.807) is 18.2 Å². The molecule has 2 aliphatic rings. The average Bonchev–Trinajstić information content (AvgIpc) is 2.44. The number of carbonyl (C=O) groups excluding carboxylic acids is 1. The van der Waals surface area contributed by atoms with Crippen molar-refractivity contribution in [2.75, 3.05) is 0 Å². The molecule has 2 atom stereocenters. The second-order valence-corrected chi connectivity index (χ2v) is 7.53. The molecule has 22 heavy (non-hydrogen) atoms. The third-order valence-corrected chi connectivity index (χ3v) is 5.67. The first-order valence-electron chi connectivity index (χ1n) is 8.02. The van der Waals surface area contributed by atoms with Gasteiger partial charge in [0, 0.05) is 22.1 Å². The Balaban J connectivity index is 1.65. The van der Waals surface area contributed by atoms with Crippen molar-refractivity contribution >= 4 is 29.1 Å². The van der Waals surface area contributed by atoms with Gasteiger partial charge in [-0.2, -0.15) is 0 Å². The summed E-state index contributed by atoms with van der Waals surface area (Å²) >= 11 is 12.1. The molecule has 1 aromatic rings. The topological polar surface area (TPSA) is 55.1 Å². The standard InChI is InChI=1S/C17H22Cl2N2O/c18-13-4-5-15(19)12(6-13)9-16(22)21-17-10-2-1-3-11(17)8-14(20)7-10/h4-6,10-11,14,17H,1-3,7-9,20H2,(H,21,22). The van der Waals surface area contributed by atoms with E-state index in [1.165, 1.54) is 19.3 Å². The predicted octanol–water partition coefficient (Wildman–Crippen LogP) is 3.56. The van der Waals surface area contributed by atoms with Gasteiger partial charge in [-0.3, -0.25) is 4.79 Å². The first-order chi connectivity index (χ1) is 10.5. The normalized spacial score (nSPS) is 30.9. The monoisotopic (exact) mass is 340 g/mol. The number of hydrogen-bond donors (Lipinski definition) is 2. The van der Waals surface area contributed by atoms with E-state index >= 15 is 0 Å². The fourth-order valence-corrected chi connectivity index (χ4v) is 4.49. The lowest BCUT2D eigenvalue weighted by molar-refractivity contribution is -0.122. The van der Waals surface area contributed by atoms with Crippen LogP contribution in [-0.2, 0) is 11.2 Å². The van der Waals surface area contributed by atoms with Crippen molar-refractivity contribution in [3.8, 4) is 0 Å². The van der Waals surface area contributed by atoms with E-state index in [1.807, 2.05) is 0 Å². The Morgan fingerprint density at radius 3 is 2.59 bits per heavy atom. The molecule has 120 valence electrons. The number of amides is 1. The van der Waals surface area contributed by atoms with E-state index in [2.05, 4.69) is 5.32 Å². The van der Waals surface area contributed by atoms with Gasteiger partial charge >= 0.3 is 0 Å². The summed E-state index contributed by atoms with van der Waals surface area (Å²) in [5.41, 5.74) is 6.92. The molecule has 5 heteroatoms. The van der Waals surface area contributed by atoms with Crippen molar-refractivity contribution in [1.82, 2.24) is 5.32 Å². The molecule has 3 nitrogen and oxygen atoms in total. The maximum atomic E-state index is 12.4. The zero-order chi connectivity index (χ0) is 15.7. The van der Waals surface area contributed by atoms with Gasteiger partial charge in [0.25, 0.3) is 0 Å². The number of hydrogen-bond acceptors (Lipinski definition) is 2. The first-order valence-corrected chi connectivity index (χ1v) is 8.77. The lowest BCUT2D eigenvalue weighted by Crippen LogP contribution is -2.54. The second kappa shape index (κ2) is 6.77. The van der Waals surface area contributed by atoms with Crippen LogP contribution in [0.25, 0.3) is 0 Å². The highest BCUT2D eigenvalue weighted by atomic mass is 35.5. The zero-order valence-electron chi connectivity index (χ0n) is 12.5. The first kappa shape index (κ1) is 16.1. The van der Waals surface area contributed by atoms with Gasteiger partial charge < -0.3 is 11.1 Å².